The maximum Gasteiger partial charge on any atom is 0.333 e. The molecular formula is C11H14O2S. The summed E-state index contributed by atoms with van der Waals surface area (Å²) >= 11 is 1.61. The van der Waals surface area contributed by atoms with Crippen LogP contribution in [0.5, 0.6) is 0 Å². The fourth-order valence-electron chi connectivity index (χ4n) is 1.08. The van der Waals surface area contributed by atoms with E-state index in [1.165, 1.54) is 0 Å². The van der Waals surface area contributed by atoms with Gasteiger partial charge in [0.15, 0.2) is 0 Å². The van der Waals surface area contributed by atoms with Crippen LogP contribution in [-0.2, 0) is 9.53 Å². The number of carbonyl (C=O) groups excluding carboxylic acids is 1. The number of hydrogen-bond acceptors (Lipinski definition) is 3. The molecule has 0 amide bonds. The molecule has 3 heteroatoms. The molecule has 1 heterocycles. The van der Waals surface area contributed by atoms with Crippen LogP contribution >= 0.6 is 11.3 Å². The maximum atomic E-state index is 11.3. The summed E-state index contributed by atoms with van der Waals surface area (Å²) in [7, 11) is 0. The van der Waals surface area contributed by atoms with Gasteiger partial charge < -0.3 is 4.74 Å². The second-order valence-corrected chi connectivity index (χ2v) is 3.92. The Morgan fingerprint density at radius 2 is 2.43 bits per heavy atom. The summed E-state index contributed by atoms with van der Waals surface area (Å²) in [6.45, 7) is 7.20. The molecule has 0 aliphatic carbocycles. The molecule has 0 N–H and O–H groups in total. The van der Waals surface area contributed by atoms with Crippen LogP contribution in [0.3, 0.4) is 0 Å². The molecule has 0 saturated carbocycles. The fourth-order valence-corrected chi connectivity index (χ4v) is 1.78. The number of carbonyl (C=O) groups is 1. The Bertz CT molecular complexity index is 314. The Morgan fingerprint density at radius 1 is 1.71 bits per heavy atom. The van der Waals surface area contributed by atoms with Crippen LogP contribution < -0.4 is 0 Å². The van der Waals surface area contributed by atoms with Crippen LogP contribution in [0.25, 0.3) is 0 Å². The number of ether oxygens (including phenoxy) is 1. The predicted molar refractivity (Wildman–Crippen MR) is 58.3 cm³/mol. The molecule has 0 fully saturated rings. The first-order valence-corrected chi connectivity index (χ1v) is 5.48. The van der Waals surface area contributed by atoms with Crippen molar-refractivity contribution in [2.75, 3.05) is 0 Å². The van der Waals surface area contributed by atoms with Crippen LogP contribution in [0, 0.1) is 0 Å². The number of esters is 1. The van der Waals surface area contributed by atoms with E-state index in [9.17, 15) is 4.79 Å². The van der Waals surface area contributed by atoms with Crippen LogP contribution in [0.1, 0.15) is 31.9 Å². The molecule has 1 unspecified atom stereocenters. The first kappa shape index (κ1) is 11.0. The van der Waals surface area contributed by atoms with Gasteiger partial charge in [0.05, 0.1) is 0 Å². The van der Waals surface area contributed by atoms with E-state index < -0.39 is 0 Å². The summed E-state index contributed by atoms with van der Waals surface area (Å²) in [5.41, 5.74) is 1.51. The standard InChI is InChI=1S/C11H14O2S/c1-4-10(9-5-6-14-7-9)13-11(12)8(2)3/h5-7,10H,2,4H2,1,3H3. The van der Waals surface area contributed by atoms with Crippen molar-refractivity contribution < 1.29 is 9.53 Å². The van der Waals surface area contributed by atoms with Gasteiger partial charge in [-0.15, -0.1) is 0 Å². The molecule has 0 saturated heterocycles. The van der Waals surface area contributed by atoms with Crippen molar-refractivity contribution in [3.8, 4) is 0 Å². The molecular weight excluding hydrogens is 196 g/mol. The Balaban J connectivity index is 2.65. The van der Waals surface area contributed by atoms with Crippen molar-refractivity contribution in [3.63, 3.8) is 0 Å². The molecule has 0 aliphatic rings. The maximum absolute atomic E-state index is 11.3. The van der Waals surface area contributed by atoms with Gasteiger partial charge >= 0.3 is 5.97 Å². The molecule has 14 heavy (non-hydrogen) atoms. The van der Waals surface area contributed by atoms with Crippen molar-refractivity contribution in [2.24, 2.45) is 0 Å². The van der Waals surface area contributed by atoms with E-state index in [2.05, 4.69) is 6.58 Å². The van der Waals surface area contributed by atoms with E-state index in [4.69, 9.17) is 4.74 Å². The van der Waals surface area contributed by atoms with Gasteiger partial charge in [-0.25, -0.2) is 4.79 Å². The Labute approximate surface area is 88.2 Å². The van der Waals surface area contributed by atoms with Crippen molar-refractivity contribution in [1.82, 2.24) is 0 Å². The van der Waals surface area contributed by atoms with Crippen molar-refractivity contribution in [2.45, 2.75) is 26.4 Å². The Morgan fingerprint density at radius 3 is 2.86 bits per heavy atom. The quantitative estimate of drug-likeness (QED) is 0.563. The lowest BCUT2D eigenvalue weighted by Crippen LogP contribution is -2.10. The average Bonchev–Trinajstić information content (AvgIpc) is 2.66. The molecule has 1 atom stereocenters. The van der Waals surface area contributed by atoms with Gasteiger partial charge in [-0.2, -0.15) is 11.3 Å². The lowest BCUT2D eigenvalue weighted by Gasteiger charge is -2.14. The number of hydrogen-bond donors (Lipinski definition) is 0. The first-order valence-electron chi connectivity index (χ1n) is 4.53. The third kappa shape index (κ3) is 2.70. The van der Waals surface area contributed by atoms with Gasteiger partial charge in [0, 0.05) is 11.1 Å². The van der Waals surface area contributed by atoms with E-state index in [-0.39, 0.29) is 12.1 Å². The highest BCUT2D eigenvalue weighted by Gasteiger charge is 2.15. The summed E-state index contributed by atoms with van der Waals surface area (Å²) in [4.78, 5) is 11.3. The normalized spacial score (nSPS) is 12.1. The Kier molecular flexibility index (Phi) is 3.89. The second kappa shape index (κ2) is 4.96. The van der Waals surface area contributed by atoms with E-state index in [0.717, 1.165) is 12.0 Å². The summed E-state index contributed by atoms with van der Waals surface area (Å²) in [6.07, 6.45) is 0.654. The fraction of sp³-hybridized carbons (Fsp3) is 0.364. The van der Waals surface area contributed by atoms with E-state index in [1.54, 1.807) is 18.3 Å². The topological polar surface area (TPSA) is 26.3 Å². The molecule has 1 aromatic heterocycles. The average molecular weight is 210 g/mol. The molecule has 1 rings (SSSR count). The predicted octanol–water partition coefficient (Wildman–Crippen LogP) is 3.32. The smallest absolute Gasteiger partial charge is 0.333 e. The molecule has 0 aromatic carbocycles. The molecule has 76 valence electrons. The lowest BCUT2D eigenvalue weighted by atomic mass is 10.1. The van der Waals surface area contributed by atoms with Gasteiger partial charge in [0.25, 0.3) is 0 Å². The lowest BCUT2D eigenvalue weighted by molar-refractivity contribution is -0.144. The van der Waals surface area contributed by atoms with Crippen LogP contribution in [0.4, 0.5) is 0 Å². The summed E-state index contributed by atoms with van der Waals surface area (Å²) < 4.78 is 5.27. The minimum atomic E-state index is -0.317. The minimum absolute atomic E-state index is 0.134. The van der Waals surface area contributed by atoms with E-state index in [0.29, 0.717) is 5.57 Å². The van der Waals surface area contributed by atoms with Gasteiger partial charge in [-0.1, -0.05) is 13.5 Å². The first-order chi connectivity index (χ1) is 6.65. The van der Waals surface area contributed by atoms with Gasteiger partial charge in [-0.3, -0.25) is 0 Å². The molecule has 2 nitrogen and oxygen atoms in total. The number of thiophene rings is 1. The van der Waals surface area contributed by atoms with Gasteiger partial charge in [0.2, 0.25) is 0 Å². The van der Waals surface area contributed by atoms with Gasteiger partial charge in [-0.05, 0) is 30.2 Å². The zero-order valence-electron chi connectivity index (χ0n) is 8.45. The van der Waals surface area contributed by atoms with Crippen LogP contribution in [0.15, 0.2) is 29.0 Å². The molecule has 0 bridgehead atoms. The summed E-state index contributed by atoms with van der Waals surface area (Å²) in [5, 5.41) is 3.98. The van der Waals surface area contributed by atoms with Crippen molar-refractivity contribution in [3.05, 3.63) is 34.5 Å². The highest BCUT2D eigenvalue weighted by Crippen LogP contribution is 2.23. The summed E-state index contributed by atoms with van der Waals surface area (Å²) in [5.74, 6) is -0.317. The highest BCUT2D eigenvalue weighted by atomic mass is 32.1. The highest BCUT2D eigenvalue weighted by molar-refractivity contribution is 7.07. The van der Waals surface area contributed by atoms with Crippen molar-refractivity contribution in [1.29, 1.82) is 0 Å². The SMILES string of the molecule is C=C(C)C(=O)OC(CC)c1ccsc1. The largest absolute Gasteiger partial charge is 0.454 e. The third-order valence-corrected chi connectivity index (χ3v) is 2.58. The van der Waals surface area contributed by atoms with Gasteiger partial charge in [0.1, 0.15) is 6.10 Å². The second-order valence-electron chi connectivity index (χ2n) is 3.14. The van der Waals surface area contributed by atoms with Crippen LogP contribution in [0.2, 0.25) is 0 Å². The van der Waals surface area contributed by atoms with Crippen molar-refractivity contribution >= 4 is 17.3 Å². The van der Waals surface area contributed by atoms with Crippen LogP contribution in [-0.4, -0.2) is 5.97 Å². The third-order valence-electron chi connectivity index (χ3n) is 1.88. The molecule has 0 radical (unpaired) electrons. The molecule has 0 aliphatic heterocycles. The number of rotatable bonds is 4. The molecule has 0 spiro atoms. The minimum Gasteiger partial charge on any atom is -0.454 e. The van der Waals surface area contributed by atoms with E-state index >= 15 is 0 Å². The Hall–Kier alpha value is -1.09. The zero-order valence-corrected chi connectivity index (χ0v) is 9.26. The molecule has 1 aromatic rings. The zero-order chi connectivity index (χ0) is 10.6. The van der Waals surface area contributed by atoms with E-state index in [1.807, 2.05) is 23.8 Å². The summed E-state index contributed by atoms with van der Waals surface area (Å²) in [6, 6.07) is 1.98. The monoisotopic (exact) mass is 210 g/mol.